The van der Waals surface area contributed by atoms with Crippen molar-refractivity contribution in [1.29, 1.82) is 0 Å². The van der Waals surface area contributed by atoms with Crippen LogP contribution in [0, 0.1) is 6.92 Å². The number of carbonyl (C=O) groups excluding carboxylic acids is 3. The van der Waals surface area contributed by atoms with Crippen LogP contribution in [-0.4, -0.2) is 54.5 Å². The summed E-state index contributed by atoms with van der Waals surface area (Å²) in [5, 5.41) is 17.1. The summed E-state index contributed by atoms with van der Waals surface area (Å²) in [5.74, 6) is -1.92. The van der Waals surface area contributed by atoms with Gasteiger partial charge in [0, 0.05) is 19.7 Å². The zero-order chi connectivity index (χ0) is 28.8. The lowest BCUT2D eigenvalue weighted by Gasteiger charge is -2.16. The first-order valence-corrected chi connectivity index (χ1v) is 12.7. The maximum Gasteiger partial charge on any atom is 0.419 e. The first-order valence-electron chi connectivity index (χ1n) is 12.7. The lowest BCUT2D eigenvalue weighted by molar-refractivity contribution is 0.0599. The standard InChI is InChI=1S/C27H24N8O6/c1-13-15-7-8-18(17(15)6-5-16(13)25(38)40-3)29-24(37)21-11-19(30-26-31-32-33-35(21)26)23(36)28-12-14-4-9-22-20(10-14)34(2)27(39)41-22/h4-6,9-11,18H,7-8,12H2,1-3H3,(H,28,36)(H,29,37)/t18-/m0/s1. The minimum atomic E-state index is -0.539. The molecule has 208 valence electrons. The summed E-state index contributed by atoms with van der Waals surface area (Å²) in [6.45, 7) is 2.00. The molecule has 5 aromatic rings. The molecule has 0 unspecified atom stereocenters. The average Bonchev–Trinajstić information content (AvgIpc) is 3.69. The van der Waals surface area contributed by atoms with Crippen molar-refractivity contribution in [2.75, 3.05) is 7.11 Å². The van der Waals surface area contributed by atoms with Gasteiger partial charge < -0.3 is 19.8 Å². The van der Waals surface area contributed by atoms with Gasteiger partial charge >= 0.3 is 11.7 Å². The number of oxazole rings is 1. The Kier molecular flexibility index (Phi) is 6.29. The highest BCUT2D eigenvalue weighted by Gasteiger charge is 2.29. The molecule has 1 aliphatic rings. The third kappa shape index (κ3) is 4.48. The second-order valence-corrected chi connectivity index (χ2v) is 9.69. The zero-order valence-electron chi connectivity index (χ0n) is 22.3. The zero-order valence-corrected chi connectivity index (χ0v) is 22.3. The summed E-state index contributed by atoms with van der Waals surface area (Å²) in [4.78, 5) is 54.5. The molecule has 14 nitrogen and oxygen atoms in total. The molecule has 41 heavy (non-hydrogen) atoms. The smallest absolute Gasteiger partial charge is 0.419 e. The van der Waals surface area contributed by atoms with Crippen molar-refractivity contribution in [2.45, 2.75) is 32.4 Å². The van der Waals surface area contributed by atoms with Gasteiger partial charge in [-0.1, -0.05) is 17.2 Å². The predicted octanol–water partition coefficient (Wildman–Crippen LogP) is 1.41. The van der Waals surface area contributed by atoms with Crippen molar-refractivity contribution in [2.24, 2.45) is 7.05 Å². The minimum Gasteiger partial charge on any atom is -0.465 e. The third-order valence-electron chi connectivity index (χ3n) is 7.35. The largest absolute Gasteiger partial charge is 0.465 e. The SMILES string of the molecule is COC(=O)c1ccc2c(c1C)CC[C@@H]2NC(=O)c1cc(C(=O)NCc2ccc3oc(=O)n(C)c3c2)nc2nnnn12. The number of aromatic nitrogens is 6. The number of fused-ring (bicyclic) bond motifs is 3. The van der Waals surface area contributed by atoms with E-state index in [0.717, 1.165) is 22.3 Å². The Labute approximate surface area is 231 Å². The molecule has 0 saturated heterocycles. The Morgan fingerprint density at radius 1 is 1.15 bits per heavy atom. The highest BCUT2D eigenvalue weighted by atomic mass is 16.5. The number of benzene rings is 2. The molecular formula is C27H24N8O6. The number of tetrazole rings is 1. The van der Waals surface area contributed by atoms with E-state index in [-0.39, 0.29) is 29.8 Å². The first-order chi connectivity index (χ1) is 19.7. The van der Waals surface area contributed by atoms with E-state index in [4.69, 9.17) is 9.15 Å². The molecule has 0 aliphatic heterocycles. The van der Waals surface area contributed by atoms with Gasteiger partial charge in [0.25, 0.3) is 17.6 Å². The van der Waals surface area contributed by atoms with Gasteiger partial charge in [-0.3, -0.25) is 14.2 Å². The quantitative estimate of drug-likeness (QED) is 0.291. The highest BCUT2D eigenvalue weighted by molar-refractivity contribution is 5.98. The number of nitrogens with one attached hydrogen (secondary N) is 2. The topological polar surface area (TPSA) is 176 Å². The number of nitrogens with zero attached hydrogens (tertiary/aromatic N) is 6. The van der Waals surface area contributed by atoms with Crippen molar-refractivity contribution < 1.29 is 23.5 Å². The molecule has 3 aromatic heterocycles. The Morgan fingerprint density at radius 3 is 2.78 bits per heavy atom. The predicted molar refractivity (Wildman–Crippen MR) is 142 cm³/mol. The Balaban J connectivity index is 1.22. The van der Waals surface area contributed by atoms with Crippen molar-refractivity contribution in [3.63, 3.8) is 0 Å². The molecule has 0 spiro atoms. The van der Waals surface area contributed by atoms with Gasteiger partial charge in [0.1, 0.15) is 11.4 Å². The molecule has 0 bridgehead atoms. The van der Waals surface area contributed by atoms with Gasteiger partial charge in [-0.2, -0.15) is 4.52 Å². The van der Waals surface area contributed by atoms with Crippen LogP contribution in [0.15, 0.2) is 45.6 Å². The van der Waals surface area contributed by atoms with E-state index in [9.17, 15) is 19.2 Å². The maximum atomic E-state index is 13.4. The van der Waals surface area contributed by atoms with E-state index >= 15 is 0 Å². The number of carbonyl (C=O) groups is 3. The first kappa shape index (κ1) is 25.9. The fraction of sp³-hybridized carbons (Fsp3) is 0.259. The lowest BCUT2D eigenvalue weighted by Crippen LogP contribution is -2.30. The molecule has 0 radical (unpaired) electrons. The molecule has 14 heteroatoms. The van der Waals surface area contributed by atoms with Crippen molar-refractivity contribution in [3.05, 3.63) is 86.2 Å². The number of hydrogen-bond donors (Lipinski definition) is 2. The Bertz CT molecular complexity index is 1940. The minimum absolute atomic E-state index is 0.0111. The van der Waals surface area contributed by atoms with Crippen LogP contribution in [0.4, 0.5) is 0 Å². The van der Waals surface area contributed by atoms with Crippen LogP contribution in [0.25, 0.3) is 16.9 Å². The van der Waals surface area contributed by atoms with Crippen LogP contribution < -0.4 is 16.4 Å². The summed E-state index contributed by atoms with van der Waals surface area (Å²) in [7, 11) is 2.94. The van der Waals surface area contributed by atoms with Gasteiger partial charge in [0.15, 0.2) is 5.58 Å². The number of esters is 1. The molecular weight excluding hydrogens is 532 g/mol. The number of aryl methyl sites for hydroxylation is 1. The van der Waals surface area contributed by atoms with E-state index < -0.39 is 23.5 Å². The molecule has 2 amide bonds. The van der Waals surface area contributed by atoms with Crippen LogP contribution in [0.5, 0.6) is 0 Å². The lowest BCUT2D eigenvalue weighted by atomic mass is 9.98. The maximum absolute atomic E-state index is 13.4. The van der Waals surface area contributed by atoms with Crippen LogP contribution in [0.2, 0.25) is 0 Å². The second kappa shape index (κ2) is 9.97. The van der Waals surface area contributed by atoms with Gasteiger partial charge in [-0.05, 0) is 70.6 Å². The van der Waals surface area contributed by atoms with Gasteiger partial charge in [-0.15, -0.1) is 0 Å². The fourth-order valence-electron chi connectivity index (χ4n) is 5.17. The molecule has 3 heterocycles. The normalized spacial score (nSPS) is 14.3. The van der Waals surface area contributed by atoms with E-state index in [2.05, 4.69) is 31.1 Å². The third-order valence-corrected chi connectivity index (χ3v) is 7.35. The van der Waals surface area contributed by atoms with E-state index in [1.807, 2.05) is 13.0 Å². The van der Waals surface area contributed by atoms with Gasteiger partial charge in [-0.25, -0.2) is 14.6 Å². The van der Waals surface area contributed by atoms with E-state index in [1.165, 1.54) is 22.3 Å². The molecule has 1 atom stereocenters. The molecule has 2 aromatic carbocycles. The van der Waals surface area contributed by atoms with Crippen molar-refractivity contribution in [3.8, 4) is 0 Å². The van der Waals surface area contributed by atoms with Crippen molar-refractivity contribution >= 4 is 34.7 Å². The molecule has 6 rings (SSSR count). The molecule has 1 aliphatic carbocycles. The molecule has 2 N–H and O–H groups in total. The van der Waals surface area contributed by atoms with Crippen LogP contribution >= 0.6 is 0 Å². The Morgan fingerprint density at radius 2 is 1.98 bits per heavy atom. The Hall–Kier alpha value is -5.40. The number of ether oxygens (including phenoxy) is 1. The monoisotopic (exact) mass is 556 g/mol. The average molecular weight is 557 g/mol. The summed E-state index contributed by atoms with van der Waals surface area (Å²) in [6.07, 6.45) is 1.32. The van der Waals surface area contributed by atoms with Gasteiger partial charge in [0.2, 0.25) is 0 Å². The summed E-state index contributed by atoms with van der Waals surface area (Å²) >= 11 is 0. The summed E-state index contributed by atoms with van der Waals surface area (Å²) in [6, 6.07) is 9.68. The second-order valence-electron chi connectivity index (χ2n) is 9.69. The van der Waals surface area contributed by atoms with Crippen LogP contribution in [-0.2, 0) is 24.8 Å². The fourth-order valence-corrected chi connectivity index (χ4v) is 5.17. The van der Waals surface area contributed by atoms with Gasteiger partial charge in [0.05, 0.1) is 24.2 Å². The van der Waals surface area contributed by atoms with Crippen LogP contribution in [0.1, 0.15) is 66.1 Å². The number of hydrogen-bond acceptors (Lipinski definition) is 10. The van der Waals surface area contributed by atoms with Crippen molar-refractivity contribution in [1.82, 2.24) is 40.2 Å². The van der Waals surface area contributed by atoms with E-state index in [0.29, 0.717) is 29.5 Å². The van der Waals surface area contributed by atoms with E-state index in [1.54, 1.807) is 31.3 Å². The number of amides is 2. The van der Waals surface area contributed by atoms with Crippen LogP contribution in [0.3, 0.4) is 0 Å². The number of methoxy groups -OCH3 is 1. The summed E-state index contributed by atoms with van der Waals surface area (Å²) in [5.41, 5.74) is 4.99. The summed E-state index contributed by atoms with van der Waals surface area (Å²) < 4.78 is 12.6. The highest BCUT2D eigenvalue weighted by Crippen LogP contribution is 2.35. The molecule has 0 saturated carbocycles. The number of rotatable bonds is 6. The molecule has 0 fully saturated rings.